The molecule has 130 valence electrons. The molecule has 0 fully saturated rings. The number of amides is 1. The molecule has 0 unspecified atom stereocenters. The standard InChI is InChI=1S/C20H17N3O3/c1-26-20(25)18(10-15-12-22-17-8-3-2-7-16(15)17)23-19(24)14-6-4-5-13(9-14)11-21/h2-9,12,18,22H,10H2,1H3,(H,23,24)/t18-/m1/s1. The summed E-state index contributed by atoms with van der Waals surface area (Å²) in [4.78, 5) is 27.8. The normalized spacial score (nSPS) is 11.5. The van der Waals surface area contributed by atoms with Crippen molar-refractivity contribution in [1.82, 2.24) is 10.3 Å². The number of aromatic nitrogens is 1. The van der Waals surface area contributed by atoms with Gasteiger partial charge in [-0.15, -0.1) is 0 Å². The van der Waals surface area contributed by atoms with Crippen molar-refractivity contribution in [3.63, 3.8) is 0 Å². The van der Waals surface area contributed by atoms with Crippen molar-refractivity contribution in [3.8, 4) is 6.07 Å². The first-order valence-electron chi connectivity index (χ1n) is 8.06. The molecule has 6 heteroatoms. The molecule has 2 N–H and O–H groups in total. The van der Waals surface area contributed by atoms with Crippen LogP contribution in [0.5, 0.6) is 0 Å². The molecule has 2 aromatic carbocycles. The molecule has 3 aromatic rings. The lowest BCUT2D eigenvalue weighted by atomic mass is 10.0. The van der Waals surface area contributed by atoms with Crippen LogP contribution >= 0.6 is 0 Å². The Hall–Kier alpha value is -3.59. The molecule has 0 saturated heterocycles. The number of para-hydroxylation sites is 1. The number of fused-ring (bicyclic) bond motifs is 1. The van der Waals surface area contributed by atoms with Gasteiger partial charge in [0.1, 0.15) is 6.04 Å². The zero-order valence-electron chi connectivity index (χ0n) is 14.2. The van der Waals surface area contributed by atoms with Gasteiger partial charge in [0.25, 0.3) is 5.91 Å². The van der Waals surface area contributed by atoms with Crippen LogP contribution in [0.3, 0.4) is 0 Å². The van der Waals surface area contributed by atoms with E-state index in [4.69, 9.17) is 10.00 Å². The zero-order valence-corrected chi connectivity index (χ0v) is 14.2. The Labute approximate surface area is 150 Å². The summed E-state index contributed by atoms with van der Waals surface area (Å²) in [5.41, 5.74) is 2.56. The van der Waals surface area contributed by atoms with Crippen LogP contribution in [0.4, 0.5) is 0 Å². The summed E-state index contributed by atoms with van der Waals surface area (Å²) in [6, 6.07) is 15.2. The van der Waals surface area contributed by atoms with E-state index in [1.807, 2.05) is 36.5 Å². The van der Waals surface area contributed by atoms with Crippen molar-refractivity contribution in [3.05, 3.63) is 71.4 Å². The first-order valence-corrected chi connectivity index (χ1v) is 8.06. The van der Waals surface area contributed by atoms with Crippen molar-refractivity contribution in [2.75, 3.05) is 7.11 Å². The third-order valence-corrected chi connectivity index (χ3v) is 4.14. The molecule has 0 aliphatic heterocycles. The van der Waals surface area contributed by atoms with Crippen LogP contribution in [-0.2, 0) is 16.0 Å². The third kappa shape index (κ3) is 3.57. The molecular formula is C20H17N3O3. The van der Waals surface area contributed by atoms with E-state index in [9.17, 15) is 9.59 Å². The number of benzene rings is 2. The van der Waals surface area contributed by atoms with Crippen LogP contribution in [0.1, 0.15) is 21.5 Å². The third-order valence-electron chi connectivity index (χ3n) is 4.14. The predicted octanol–water partition coefficient (Wildman–Crippen LogP) is 2.55. The van der Waals surface area contributed by atoms with Gasteiger partial charge >= 0.3 is 5.97 Å². The van der Waals surface area contributed by atoms with Crippen molar-refractivity contribution in [2.24, 2.45) is 0 Å². The average Bonchev–Trinajstić information content (AvgIpc) is 3.09. The van der Waals surface area contributed by atoms with E-state index in [0.717, 1.165) is 16.5 Å². The lowest BCUT2D eigenvalue weighted by Gasteiger charge is -2.16. The smallest absolute Gasteiger partial charge is 0.328 e. The second-order valence-electron chi connectivity index (χ2n) is 5.81. The minimum Gasteiger partial charge on any atom is -0.467 e. The fraction of sp³-hybridized carbons (Fsp3) is 0.150. The van der Waals surface area contributed by atoms with Crippen LogP contribution in [0.2, 0.25) is 0 Å². The largest absolute Gasteiger partial charge is 0.467 e. The second kappa shape index (κ2) is 7.53. The number of aromatic amines is 1. The molecule has 1 aromatic heterocycles. The summed E-state index contributed by atoms with van der Waals surface area (Å²) >= 11 is 0. The first-order chi connectivity index (χ1) is 12.6. The summed E-state index contributed by atoms with van der Waals surface area (Å²) in [6.45, 7) is 0. The number of methoxy groups -OCH3 is 1. The van der Waals surface area contributed by atoms with Gasteiger partial charge in [0, 0.05) is 29.1 Å². The van der Waals surface area contributed by atoms with Gasteiger partial charge in [0.2, 0.25) is 0 Å². The number of carbonyl (C=O) groups excluding carboxylic acids is 2. The summed E-state index contributed by atoms with van der Waals surface area (Å²) in [5.74, 6) is -0.961. The zero-order chi connectivity index (χ0) is 18.5. The Bertz CT molecular complexity index is 1000. The van der Waals surface area contributed by atoms with Gasteiger partial charge in [-0.2, -0.15) is 5.26 Å². The average molecular weight is 347 g/mol. The molecule has 1 amide bonds. The Morgan fingerprint density at radius 2 is 2.04 bits per heavy atom. The van der Waals surface area contributed by atoms with Gasteiger partial charge in [0.15, 0.2) is 0 Å². The molecule has 1 heterocycles. The van der Waals surface area contributed by atoms with Crippen molar-refractivity contribution in [2.45, 2.75) is 12.5 Å². The van der Waals surface area contributed by atoms with Gasteiger partial charge in [-0.05, 0) is 29.8 Å². The van der Waals surface area contributed by atoms with Crippen LogP contribution in [0.25, 0.3) is 10.9 Å². The maximum absolute atomic E-state index is 12.5. The Kier molecular flexibility index (Phi) is 4.99. The molecule has 0 saturated carbocycles. The molecule has 0 aliphatic carbocycles. The molecule has 1 atom stereocenters. The number of H-pyrrole nitrogens is 1. The number of nitrogens with one attached hydrogen (secondary N) is 2. The Morgan fingerprint density at radius 3 is 2.81 bits per heavy atom. The summed E-state index contributed by atoms with van der Waals surface area (Å²) < 4.78 is 4.84. The maximum Gasteiger partial charge on any atom is 0.328 e. The SMILES string of the molecule is COC(=O)[C@@H](Cc1c[nH]c2ccccc12)NC(=O)c1cccc(C#N)c1. The predicted molar refractivity (Wildman–Crippen MR) is 96.4 cm³/mol. The molecule has 0 aliphatic rings. The fourth-order valence-electron chi connectivity index (χ4n) is 2.83. The summed E-state index contributed by atoms with van der Waals surface area (Å²) in [7, 11) is 1.28. The lowest BCUT2D eigenvalue weighted by Crippen LogP contribution is -2.43. The quantitative estimate of drug-likeness (QED) is 0.694. The molecular weight excluding hydrogens is 330 g/mol. The topological polar surface area (TPSA) is 95.0 Å². The molecule has 26 heavy (non-hydrogen) atoms. The van der Waals surface area contributed by atoms with Crippen LogP contribution in [-0.4, -0.2) is 30.0 Å². The highest BCUT2D eigenvalue weighted by molar-refractivity contribution is 5.97. The van der Waals surface area contributed by atoms with E-state index in [1.165, 1.54) is 13.2 Å². The van der Waals surface area contributed by atoms with Crippen molar-refractivity contribution < 1.29 is 14.3 Å². The Balaban J connectivity index is 1.83. The summed E-state index contributed by atoms with van der Waals surface area (Å²) in [6.07, 6.45) is 2.11. The maximum atomic E-state index is 12.5. The first kappa shape index (κ1) is 17.2. The van der Waals surface area contributed by atoms with Gasteiger partial charge in [-0.25, -0.2) is 4.79 Å². The van der Waals surface area contributed by atoms with Crippen LogP contribution < -0.4 is 5.32 Å². The number of hydrogen-bond acceptors (Lipinski definition) is 4. The van der Waals surface area contributed by atoms with E-state index in [-0.39, 0.29) is 0 Å². The van der Waals surface area contributed by atoms with E-state index in [0.29, 0.717) is 17.5 Å². The number of rotatable bonds is 5. The van der Waals surface area contributed by atoms with Crippen molar-refractivity contribution in [1.29, 1.82) is 5.26 Å². The number of carbonyl (C=O) groups is 2. The van der Waals surface area contributed by atoms with Crippen LogP contribution in [0, 0.1) is 11.3 Å². The van der Waals surface area contributed by atoms with E-state index in [2.05, 4.69) is 10.3 Å². The van der Waals surface area contributed by atoms with Gasteiger partial charge in [0.05, 0.1) is 18.7 Å². The number of esters is 1. The van der Waals surface area contributed by atoms with Gasteiger partial charge in [-0.3, -0.25) is 4.79 Å². The molecule has 3 rings (SSSR count). The fourth-order valence-corrected chi connectivity index (χ4v) is 2.83. The monoisotopic (exact) mass is 347 g/mol. The highest BCUT2D eigenvalue weighted by Gasteiger charge is 2.24. The van der Waals surface area contributed by atoms with E-state index < -0.39 is 17.9 Å². The number of nitriles is 1. The molecule has 0 bridgehead atoms. The van der Waals surface area contributed by atoms with Crippen molar-refractivity contribution >= 4 is 22.8 Å². The van der Waals surface area contributed by atoms with Gasteiger partial charge < -0.3 is 15.0 Å². The Morgan fingerprint density at radius 1 is 1.23 bits per heavy atom. The minimum absolute atomic E-state index is 0.292. The molecule has 0 spiro atoms. The second-order valence-corrected chi connectivity index (χ2v) is 5.81. The number of hydrogen-bond donors (Lipinski definition) is 2. The highest BCUT2D eigenvalue weighted by atomic mass is 16.5. The van der Waals surface area contributed by atoms with E-state index >= 15 is 0 Å². The number of ether oxygens (including phenoxy) is 1. The summed E-state index contributed by atoms with van der Waals surface area (Å²) in [5, 5.41) is 12.7. The number of nitrogens with zero attached hydrogens (tertiary/aromatic N) is 1. The lowest BCUT2D eigenvalue weighted by molar-refractivity contribution is -0.142. The van der Waals surface area contributed by atoms with Crippen LogP contribution in [0.15, 0.2) is 54.7 Å². The van der Waals surface area contributed by atoms with Gasteiger partial charge in [-0.1, -0.05) is 24.3 Å². The highest BCUT2D eigenvalue weighted by Crippen LogP contribution is 2.19. The molecule has 0 radical (unpaired) electrons. The molecule has 6 nitrogen and oxygen atoms in total. The van der Waals surface area contributed by atoms with E-state index in [1.54, 1.807) is 18.2 Å². The minimum atomic E-state index is -0.836.